The van der Waals surface area contributed by atoms with Gasteiger partial charge in [0.2, 0.25) is 5.91 Å². The van der Waals surface area contributed by atoms with E-state index in [0.717, 1.165) is 12.8 Å². The highest BCUT2D eigenvalue weighted by Crippen LogP contribution is 2.19. The summed E-state index contributed by atoms with van der Waals surface area (Å²) in [5, 5.41) is 0. The summed E-state index contributed by atoms with van der Waals surface area (Å²) in [6.45, 7) is 2.73. The first-order chi connectivity index (χ1) is 8.50. The molecule has 1 rings (SSSR count). The van der Waals surface area contributed by atoms with Crippen LogP contribution in [0.15, 0.2) is 0 Å². The van der Waals surface area contributed by atoms with Gasteiger partial charge in [-0.15, -0.1) is 11.6 Å². The van der Waals surface area contributed by atoms with Crippen LogP contribution >= 0.6 is 11.6 Å². The third kappa shape index (κ3) is 4.76. The van der Waals surface area contributed by atoms with E-state index in [1.165, 1.54) is 0 Å². The van der Waals surface area contributed by atoms with Crippen LogP contribution in [0.2, 0.25) is 0 Å². The molecular weight excluding hydrogens is 274 g/mol. The molecule has 0 bridgehead atoms. The molecule has 0 aromatic rings. The maximum absolute atomic E-state index is 12.1. The van der Waals surface area contributed by atoms with Crippen LogP contribution in [0.25, 0.3) is 0 Å². The molecule has 0 aliphatic carbocycles. The predicted molar refractivity (Wildman–Crippen MR) is 73.6 cm³/mol. The molecule has 0 saturated carbocycles. The minimum absolute atomic E-state index is 0.0474. The SMILES string of the molecule is CCCCN(C(=O)CCCCl)C1CCS(=O)(=O)C1. The predicted octanol–water partition coefficient (Wildman–Crippen LogP) is 1.82. The van der Waals surface area contributed by atoms with Crippen LogP contribution in [0.1, 0.15) is 39.0 Å². The molecule has 0 aromatic heterocycles. The number of nitrogens with zero attached hydrogens (tertiary/aromatic N) is 1. The van der Waals surface area contributed by atoms with Gasteiger partial charge in [0.25, 0.3) is 0 Å². The lowest BCUT2D eigenvalue weighted by Crippen LogP contribution is -2.41. The van der Waals surface area contributed by atoms with Gasteiger partial charge in [0.1, 0.15) is 0 Å². The summed E-state index contributed by atoms with van der Waals surface area (Å²) in [5.74, 6) is 0.856. The second-order valence-electron chi connectivity index (χ2n) is 4.79. The molecule has 0 spiro atoms. The third-order valence-corrected chi connectivity index (χ3v) is 5.26. The first kappa shape index (κ1) is 15.8. The molecule has 1 unspecified atom stereocenters. The second kappa shape index (κ2) is 7.34. The number of unbranched alkanes of at least 4 members (excludes halogenated alkanes) is 1. The molecule has 1 aliphatic rings. The minimum Gasteiger partial charge on any atom is -0.339 e. The Balaban J connectivity index is 2.63. The lowest BCUT2D eigenvalue weighted by Gasteiger charge is -2.28. The molecule has 0 aromatic carbocycles. The molecule has 1 atom stereocenters. The Labute approximate surface area is 115 Å². The molecule has 1 aliphatic heterocycles. The highest BCUT2D eigenvalue weighted by Gasteiger charge is 2.33. The summed E-state index contributed by atoms with van der Waals surface area (Å²) in [7, 11) is -2.94. The van der Waals surface area contributed by atoms with Gasteiger partial charge in [-0.1, -0.05) is 13.3 Å². The zero-order valence-electron chi connectivity index (χ0n) is 10.9. The van der Waals surface area contributed by atoms with E-state index in [-0.39, 0.29) is 23.5 Å². The number of hydrogen-bond donors (Lipinski definition) is 0. The Morgan fingerprint density at radius 3 is 2.61 bits per heavy atom. The molecule has 1 saturated heterocycles. The molecule has 4 nitrogen and oxygen atoms in total. The summed E-state index contributed by atoms with van der Waals surface area (Å²) in [5.41, 5.74) is 0. The summed E-state index contributed by atoms with van der Waals surface area (Å²) in [4.78, 5) is 13.8. The average molecular weight is 296 g/mol. The number of alkyl halides is 1. The van der Waals surface area contributed by atoms with Crippen molar-refractivity contribution in [3.05, 3.63) is 0 Å². The number of amides is 1. The van der Waals surface area contributed by atoms with Crippen molar-refractivity contribution in [1.29, 1.82) is 0 Å². The normalized spacial score (nSPS) is 22.0. The van der Waals surface area contributed by atoms with Crippen molar-refractivity contribution < 1.29 is 13.2 Å². The molecule has 0 radical (unpaired) electrons. The van der Waals surface area contributed by atoms with Crippen molar-refractivity contribution >= 4 is 27.3 Å². The van der Waals surface area contributed by atoms with Crippen molar-refractivity contribution in [3.63, 3.8) is 0 Å². The van der Waals surface area contributed by atoms with Crippen LogP contribution < -0.4 is 0 Å². The lowest BCUT2D eigenvalue weighted by atomic mass is 10.1. The van der Waals surface area contributed by atoms with E-state index in [4.69, 9.17) is 11.6 Å². The number of carbonyl (C=O) groups excluding carboxylic acids is 1. The van der Waals surface area contributed by atoms with Crippen LogP contribution in [-0.2, 0) is 14.6 Å². The second-order valence-corrected chi connectivity index (χ2v) is 7.40. The van der Waals surface area contributed by atoms with Crippen LogP contribution in [0, 0.1) is 0 Å². The van der Waals surface area contributed by atoms with Gasteiger partial charge in [0, 0.05) is 24.9 Å². The molecular formula is C12H22ClNO3S. The van der Waals surface area contributed by atoms with Crippen LogP contribution in [0.4, 0.5) is 0 Å². The van der Waals surface area contributed by atoms with Crippen molar-refractivity contribution in [2.45, 2.75) is 45.1 Å². The fourth-order valence-electron chi connectivity index (χ4n) is 2.22. The lowest BCUT2D eigenvalue weighted by molar-refractivity contribution is -0.133. The van der Waals surface area contributed by atoms with E-state index >= 15 is 0 Å². The number of hydrogen-bond acceptors (Lipinski definition) is 3. The van der Waals surface area contributed by atoms with Crippen LogP contribution in [-0.4, -0.2) is 49.2 Å². The van der Waals surface area contributed by atoms with Crippen molar-refractivity contribution in [3.8, 4) is 0 Å². The van der Waals surface area contributed by atoms with Gasteiger partial charge in [-0.2, -0.15) is 0 Å². The molecule has 1 amide bonds. The summed E-state index contributed by atoms with van der Waals surface area (Å²) < 4.78 is 23.0. The Morgan fingerprint density at radius 1 is 1.39 bits per heavy atom. The highest BCUT2D eigenvalue weighted by atomic mass is 35.5. The fourth-order valence-corrected chi connectivity index (χ4v) is 4.09. The number of halogens is 1. The van der Waals surface area contributed by atoms with E-state index in [2.05, 4.69) is 6.92 Å². The van der Waals surface area contributed by atoms with Crippen LogP contribution in [0.3, 0.4) is 0 Å². The molecule has 1 fully saturated rings. The van der Waals surface area contributed by atoms with E-state index in [9.17, 15) is 13.2 Å². The van der Waals surface area contributed by atoms with Gasteiger partial charge < -0.3 is 4.90 Å². The Kier molecular flexibility index (Phi) is 6.43. The Morgan fingerprint density at radius 2 is 2.11 bits per heavy atom. The fraction of sp³-hybridized carbons (Fsp3) is 0.917. The number of rotatable bonds is 7. The first-order valence-electron chi connectivity index (χ1n) is 6.56. The summed E-state index contributed by atoms with van der Waals surface area (Å²) >= 11 is 5.59. The van der Waals surface area contributed by atoms with Gasteiger partial charge in [-0.25, -0.2) is 8.42 Å². The molecule has 106 valence electrons. The molecule has 1 heterocycles. The van der Waals surface area contributed by atoms with Crippen molar-refractivity contribution in [2.75, 3.05) is 23.9 Å². The van der Waals surface area contributed by atoms with Crippen molar-refractivity contribution in [2.24, 2.45) is 0 Å². The largest absolute Gasteiger partial charge is 0.339 e. The zero-order chi connectivity index (χ0) is 13.6. The van der Waals surface area contributed by atoms with Gasteiger partial charge in [0.05, 0.1) is 11.5 Å². The Hall–Kier alpha value is -0.290. The van der Waals surface area contributed by atoms with Gasteiger partial charge in [-0.05, 0) is 19.3 Å². The van der Waals surface area contributed by atoms with Gasteiger partial charge in [-0.3, -0.25) is 4.79 Å². The van der Waals surface area contributed by atoms with E-state index in [1.807, 2.05) is 0 Å². The van der Waals surface area contributed by atoms with E-state index in [0.29, 0.717) is 31.7 Å². The average Bonchev–Trinajstić information content (AvgIpc) is 2.67. The van der Waals surface area contributed by atoms with Gasteiger partial charge >= 0.3 is 0 Å². The summed E-state index contributed by atoms with van der Waals surface area (Å²) in [6, 6.07) is -0.121. The first-order valence-corrected chi connectivity index (χ1v) is 8.91. The van der Waals surface area contributed by atoms with E-state index < -0.39 is 9.84 Å². The van der Waals surface area contributed by atoms with Crippen LogP contribution in [0.5, 0.6) is 0 Å². The van der Waals surface area contributed by atoms with Crippen molar-refractivity contribution in [1.82, 2.24) is 4.90 Å². The highest BCUT2D eigenvalue weighted by molar-refractivity contribution is 7.91. The standard InChI is InChI=1S/C12H22ClNO3S/c1-2-3-8-14(12(15)5-4-7-13)11-6-9-18(16,17)10-11/h11H,2-10H2,1H3. The maximum Gasteiger partial charge on any atom is 0.222 e. The Bertz CT molecular complexity index is 370. The molecule has 0 N–H and O–H groups in total. The molecule has 6 heteroatoms. The maximum atomic E-state index is 12.1. The topological polar surface area (TPSA) is 54.5 Å². The van der Waals surface area contributed by atoms with Gasteiger partial charge in [0.15, 0.2) is 9.84 Å². The zero-order valence-corrected chi connectivity index (χ0v) is 12.5. The van der Waals surface area contributed by atoms with E-state index in [1.54, 1.807) is 4.90 Å². The third-order valence-electron chi connectivity index (χ3n) is 3.25. The quantitative estimate of drug-likeness (QED) is 0.673. The number of sulfone groups is 1. The number of carbonyl (C=O) groups is 1. The minimum atomic E-state index is -2.94. The smallest absolute Gasteiger partial charge is 0.222 e. The monoisotopic (exact) mass is 295 g/mol. The summed E-state index contributed by atoms with van der Waals surface area (Å²) in [6.07, 6.45) is 3.58. The molecule has 18 heavy (non-hydrogen) atoms.